The number of nitrogens with two attached hydrogens (primary N) is 2. The van der Waals surface area contributed by atoms with Crippen molar-refractivity contribution in [2.24, 2.45) is 23.3 Å². The van der Waals surface area contributed by atoms with Gasteiger partial charge in [-0.25, -0.2) is 0 Å². The molecule has 3 atom stereocenters. The van der Waals surface area contributed by atoms with Gasteiger partial charge in [0.25, 0.3) is 0 Å². The maximum atomic E-state index is 11.0. The topological polar surface area (TPSA) is 130 Å². The van der Waals surface area contributed by atoms with E-state index >= 15 is 0 Å². The molecular weight excluding hydrogens is 211 g/mol. The predicted octanol–water partition coefficient (Wildman–Crippen LogP) is -1.38. The summed E-state index contributed by atoms with van der Waals surface area (Å²) in [6, 6.07) is 0. The highest BCUT2D eigenvalue weighted by molar-refractivity contribution is 6.40. The number of carboxylic acid groups (broad SMARTS) is 1. The van der Waals surface area contributed by atoms with Gasteiger partial charge in [0, 0.05) is 0 Å². The molecule has 1 aliphatic carbocycles. The average Bonchev–Trinajstić information content (AvgIpc) is 2.53. The smallest absolute Gasteiger partial charge is 0.451 e. The molecule has 0 aromatic carbocycles. The van der Waals surface area contributed by atoms with Crippen LogP contribution in [0.2, 0.25) is 6.32 Å². The lowest BCUT2D eigenvalue weighted by Crippen LogP contribution is -2.45. The van der Waals surface area contributed by atoms with Crippen molar-refractivity contribution in [1.29, 1.82) is 0 Å². The Labute approximate surface area is 94.8 Å². The van der Waals surface area contributed by atoms with Crippen LogP contribution in [-0.2, 0) is 4.79 Å². The van der Waals surface area contributed by atoms with Crippen molar-refractivity contribution in [3.05, 3.63) is 0 Å². The van der Waals surface area contributed by atoms with E-state index in [0.717, 1.165) is 0 Å². The number of rotatable bonds is 5. The van der Waals surface area contributed by atoms with Crippen LogP contribution in [-0.4, -0.2) is 40.3 Å². The van der Waals surface area contributed by atoms with Gasteiger partial charge < -0.3 is 26.6 Å². The summed E-state index contributed by atoms with van der Waals surface area (Å²) in [6.07, 6.45) is 1.50. The zero-order chi connectivity index (χ0) is 12.3. The molecule has 6 nitrogen and oxygen atoms in total. The monoisotopic (exact) mass is 230 g/mol. The van der Waals surface area contributed by atoms with Gasteiger partial charge in [0.1, 0.15) is 5.54 Å². The van der Waals surface area contributed by atoms with Gasteiger partial charge in [-0.1, -0.05) is 6.42 Å². The Morgan fingerprint density at radius 3 is 2.38 bits per heavy atom. The third kappa shape index (κ3) is 2.94. The van der Waals surface area contributed by atoms with Crippen LogP contribution in [0.25, 0.3) is 0 Å². The zero-order valence-corrected chi connectivity index (χ0v) is 9.17. The molecule has 0 saturated heterocycles. The van der Waals surface area contributed by atoms with Crippen LogP contribution in [0.15, 0.2) is 0 Å². The Morgan fingerprint density at radius 2 is 1.94 bits per heavy atom. The van der Waals surface area contributed by atoms with Crippen LogP contribution in [0.5, 0.6) is 0 Å². The molecule has 0 aromatic heterocycles. The lowest BCUT2D eigenvalue weighted by atomic mass is 9.78. The minimum absolute atomic E-state index is 0.0554. The Morgan fingerprint density at radius 1 is 1.38 bits per heavy atom. The molecule has 1 aliphatic rings. The van der Waals surface area contributed by atoms with Gasteiger partial charge in [-0.15, -0.1) is 0 Å². The SMILES string of the molecule is NC[C@H]1C[C@@](N)(C(=O)O)CC1CCB(O)O. The minimum atomic E-state index is -1.35. The van der Waals surface area contributed by atoms with E-state index in [0.29, 0.717) is 25.8 Å². The van der Waals surface area contributed by atoms with E-state index in [1.165, 1.54) is 0 Å². The van der Waals surface area contributed by atoms with Crippen molar-refractivity contribution >= 4 is 13.1 Å². The lowest BCUT2D eigenvalue weighted by Gasteiger charge is -2.17. The molecule has 16 heavy (non-hydrogen) atoms. The number of carbonyl (C=O) groups is 1. The Kier molecular flexibility index (Phi) is 4.31. The Hall–Kier alpha value is -0.625. The molecule has 0 amide bonds. The first-order chi connectivity index (χ1) is 7.39. The third-order valence-electron chi connectivity index (χ3n) is 3.44. The molecule has 0 aliphatic heterocycles. The largest absolute Gasteiger partial charge is 0.480 e. The zero-order valence-electron chi connectivity index (χ0n) is 9.17. The van der Waals surface area contributed by atoms with Gasteiger partial charge in [-0.3, -0.25) is 4.79 Å². The van der Waals surface area contributed by atoms with Crippen LogP contribution < -0.4 is 11.5 Å². The predicted molar refractivity (Wildman–Crippen MR) is 59.4 cm³/mol. The van der Waals surface area contributed by atoms with Gasteiger partial charge in [0.15, 0.2) is 0 Å². The molecule has 0 spiro atoms. The van der Waals surface area contributed by atoms with Crippen LogP contribution in [0.1, 0.15) is 19.3 Å². The number of hydrogen-bond donors (Lipinski definition) is 5. The van der Waals surface area contributed by atoms with E-state index in [2.05, 4.69) is 0 Å². The van der Waals surface area contributed by atoms with Crippen LogP contribution in [0, 0.1) is 11.8 Å². The third-order valence-corrected chi connectivity index (χ3v) is 3.44. The van der Waals surface area contributed by atoms with Crippen LogP contribution in [0.4, 0.5) is 0 Å². The molecule has 0 aromatic rings. The maximum Gasteiger partial charge on any atom is 0.451 e. The van der Waals surface area contributed by atoms with E-state index in [9.17, 15) is 4.79 Å². The molecule has 0 heterocycles. The molecule has 0 radical (unpaired) electrons. The van der Waals surface area contributed by atoms with Crippen molar-refractivity contribution in [2.45, 2.75) is 31.1 Å². The molecule has 92 valence electrons. The normalized spacial score (nSPS) is 34.0. The van der Waals surface area contributed by atoms with E-state index in [-0.39, 0.29) is 18.2 Å². The van der Waals surface area contributed by atoms with Gasteiger partial charge in [0.05, 0.1) is 0 Å². The summed E-state index contributed by atoms with van der Waals surface area (Å²) in [7, 11) is -1.35. The molecular formula is C9H19BN2O4. The summed E-state index contributed by atoms with van der Waals surface area (Å²) >= 11 is 0. The molecule has 1 unspecified atom stereocenters. The van der Waals surface area contributed by atoms with Crippen molar-refractivity contribution in [3.8, 4) is 0 Å². The highest BCUT2D eigenvalue weighted by Crippen LogP contribution is 2.40. The first-order valence-corrected chi connectivity index (χ1v) is 5.47. The molecule has 7 heteroatoms. The average molecular weight is 230 g/mol. The van der Waals surface area contributed by atoms with Gasteiger partial charge >= 0.3 is 13.1 Å². The maximum absolute atomic E-state index is 11.0. The van der Waals surface area contributed by atoms with Gasteiger partial charge in [-0.2, -0.15) is 0 Å². The minimum Gasteiger partial charge on any atom is -0.480 e. The highest BCUT2D eigenvalue weighted by atomic mass is 16.4. The number of carboxylic acids is 1. The van der Waals surface area contributed by atoms with E-state index in [1.807, 2.05) is 0 Å². The van der Waals surface area contributed by atoms with Crippen molar-refractivity contribution in [3.63, 3.8) is 0 Å². The summed E-state index contributed by atoms with van der Waals surface area (Å²) in [5.41, 5.74) is 10.2. The Balaban J connectivity index is 2.60. The number of hydrogen-bond acceptors (Lipinski definition) is 5. The van der Waals surface area contributed by atoms with E-state index < -0.39 is 18.6 Å². The molecule has 7 N–H and O–H groups in total. The molecule has 1 rings (SSSR count). The van der Waals surface area contributed by atoms with E-state index in [1.54, 1.807) is 0 Å². The molecule has 0 bridgehead atoms. The fraction of sp³-hybridized carbons (Fsp3) is 0.889. The van der Waals surface area contributed by atoms with Crippen molar-refractivity contribution in [2.75, 3.05) is 6.54 Å². The van der Waals surface area contributed by atoms with Gasteiger partial charge in [-0.05, 0) is 37.5 Å². The van der Waals surface area contributed by atoms with E-state index in [4.69, 9.17) is 26.6 Å². The number of aliphatic carboxylic acids is 1. The van der Waals surface area contributed by atoms with Crippen molar-refractivity contribution < 1.29 is 19.9 Å². The summed E-state index contributed by atoms with van der Waals surface area (Å²) in [5, 5.41) is 26.6. The second-order valence-electron chi connectivity index (χ2n) is 4.68. The second kappa shape index (κ2) is 5.14. The quantitative estimate of drug-likeness (QED) is 0.370. The Bertz CT molecular complexity index is 264. The fourth-order valence-corrected chi connectivity index (χ4v) is 2.50. The summed E-state index contributed by atoms with van der Waals surface area (Å²) < 4.78 is 0. The van der Waals surface area contributed by atoms with Crippen LogP contribution >= 0.6 is 0 Å². The first-order valence-electron chi connectivity index (χ1n) is 5.47. The summed E-state index contributed by atoms with van der Waals surface area (Å²) in [6.45, 7) is 0.387. The summed E-state index contributed by atoms with van der Waals surface area (Å²) in [5.74, 6) is -0.884. The van der Waals surface area contributed by atoms with Crippen molar-refractivity contribution in [1.82, 2.24) is 0 Å². The molecule has 1 fully saturated rings. The summed E-state index contributed by atoms with van der Waals surface area (Å²) in [4.78, 5) is 11.0. The first kappa shape index (κ1) is 13.4. The van der Waals surface area contributed by atoms with Gasteiger partial charge in [0.2, 0.25) is 0 Å². The fourth-order valence-electron chi connectivity index (χ4n) is 2.50. The standard InChI is InChI=1S/C9H19BN2O4/c11-5-7-4-9(12,8(13)14)3-6(7)1-2-10(15)16/h6-7,15-16H,1-5,11-12H2,(H,13,14)/t6?,7-,9-/m1/s1. The highest BCUT2D eigenvalue weighted by Gasteiger charge is 2.47. The second-order valence-corrected chi connectivity index (χ2v) is 4.68. The lowest BCUT2D eigenvalue weighted by molar-refractivity contribution is -0.143. The van der Waals surface area contributed by atoms with Crippen LogP contribution in [0.3, 0.4) is 0 Å². The molecule has 1 saturated carbocycles.